The zero-order chi connectivity index (χ0) is 14.8. The lowest BCUT2D eigenvalue weighted by atomic mass is 9.96. The topological polar surface area (TPSA) is 26.0 Å². The van der Waals surface area contributed by atoms with Gasteiger partial charge in [0.2, 0.25) is 0 Å². The predicted molar refractivity (Wildman–Crippen MR) is 53.6 cm³/mol. The molecular weight excluding hydrogens is 279 g/mol. The van der Waals surface area contributed by atoms with Gasteiger partial charge in [-0.2, -0.15) is 26.3 Å². The number of hydrogen-bond acceptors (Lipinski definition) is 1. The van der Waals surface area contributed by atoms with Crippen molar-refractivity contribution in [1.82, 2.24) is 0 Å². The summed E-state index contributed by atoms with van der Waals surface area (Å²) in [5.41, 5.74) is 2.98. The van der Waals surface area contributed by atoms with Crippen LogP contribution in [0.15, 0.2) is 18.2 Å². The highest BCUT2D eigenvalue weighted by molar-refractivity contribution is 5.33. The fourth-order valence-electron chi connectivity index (χ4n) is 1.62. The summed E-state index contributed by atoms with van der Waals surface area (Å²) in [5, 5.41) is 0. The van der Waals surface area contributed by atoms with Gasteiger partial charge in [-0.25, -0.2) is 4.39 Å². The van der Waals surface area contributed by atoms with Gasteiger partial charge in [0.05, 0.1) is 5.56 Å². The van der Waals surface area contributed by atoms with Crippen LogP contribution in [0.5, 0.6) is 0 Å². The molecule has 19 heavy (non-hydrogen) atoms. The van der Waals surface area contributed by atoms with Crippen LogP contribution >= 0.6 is 0 Å². The standard InChI is InChI=1S/C11H10F7N/c12-7-3-1-2-6(11(16,17)18)9(7)8(19)4-5-10(13,14)15/h1-3,8H,4-5,19H2/t8-/m1/s1. The van der Waals surface area contributed by atoms with Gasteiger partial charge in [0.25, 0.3) is 0 Å². The summed E-state index contributed by atoms with van der Waals surface area (Å²) >= 11 is 0. The van der Waals surface area contributed by atoms with E-state index in [1.54, 1.807) is 0 Å². The highest BCUT2D eigenvalue weighted by atomic mass is 19.4. The number of nitrogens with two attached hydrogens (primary N) is 1. The van der Waals surface area contributed by atoms with E-state index in [9.17, 15) is 30.7 Å². The second kappa shape index (κ2) is 5.36. The van der Waals surface area contributed by atoms with Crippen LogP contribution < -0.4 is 5.73 Å². The van der Waals surface area contributed by atoms with E-state index in [1.807, 2.05) is 0 Å². The summed E-state index contributed by atoms with van der Waals surface area (Å²) in [5.74, 6) is -1.26. The molecule has 0 bridgehead atoms. The largest absolute Gasteiger partial charge is 0.416 e. The van der Waals surface area contributed by atoms with Gasteiger partial charge in [0, 0.05) is 18.0 Å². The third-order valence-corrected chi connectivity index (χ3v) is 2.47. The first-order valence-corrected chi connectivity index (χ1v) is 5.20. The van der Waals surface area contributed by atoms with Crippen molar-refractivity contribution < 1.29 is 30.7 Å². The lowest BCUT2D eigenvalue weighted by Crippen LogP contribution is -2.21. The Morgan fingerprint density at radius 2 is 1.63 bits per heavy atom. The number of hydrogen-bond donors (Lipinski definition) is 1. The van der Waals surface area contributed by atoms with Crippen molar-refractivity contribution in [3.8, 4) is 0 Å². The first-order chi connectivity index (χ1) is 8.52. The molecule has 0 unspecified atom stereocenters. The van der Waals surface area contributed by atoms with Gasteiger partial charge < -0.3 is 5.73 Å². The first-order valence-electron chi connectivity index (χ1n) is 5.20. The lowest BCUT2D eigenvalue weighted by molar-refractivity contribution is -0.139. The number of benzene rings is 1. The van der Waals surface area contributed by atoms with Crippen molar-refractivity contribution in [2.24, 2.45) is 5.73 Å². The van der Waals surface area contributed by atoms with Crippen molar-refractivity contribution in [2.75, 3.05) is 0 Å². The Hall–Kier alpha value is -1.31. The van der Waals surface area contributed by atoms with E-state index in [0.717, 1.165) is 12.1 Å². The smallest absolute Gasteiger partial charge is 0.324 e. The Balaban J connectivity index is 3.05. The minimum absolute atomic E-state index is 0.589. The molecule has 0 aliphatic rings. The van der Waals surface area contributed by atoms with Crippen LogP contribution in [-0.2, 0) is 6.18 Å². The van der Waals surface area contributed by atoms with Crippen LogP contribution in [0.25, 0.3) is 0 Å². The molecule has 0 heterocycles. The van der Waals surface area contributed by atoms with Gasteiger partial charge in [0.1, 0.15) is 5.82 Å². The van der Waals surface area contributed by atoms with Crippen molar-refractivity contribution >= 4 is 0 Å². The average molecular weight is 289 g/mol. The monoisotopic (exact) mass is 289 g/mol. The highest BCUT2D eigenvalue weighted by Gasteiger charge is 2.37. The molecule has 1 aromatic rings. The normalized spacial score (nSPS) is 14.5. The molecule has 0 aromatic heterocycles. The molecule has 108 valence electrons. The number of rotatable bonds is 3. The second-order valence-electron chi connectivity index (χ2n) is 3.96. The second-order valence-corrected chi connectivity index (χ2v) is 3.96. The Morgan fingerprint density at radius 1 is 1.05 bits per heavy atom. The number of alkyl halides is 6. The van der Waals surface area contributed by atoms with E-state index < -0.39 is 48.2 Å². The maximum atomic E-state index is 13.4. The molecule has 0 saturated carbocycles. The molecular formula is C11H10F7N. The van der Waals surface area contributed by atoms with Crippen LogP contribution in [0, 0.1) is 5.82 Å². The molecule has 0 aliphatic heterocycles. The molecule has 2 N–H and O–H groups in total. The van der Waals surface area contributed by atoms with Crippen molar-refractivity contribution in [2.45, 2.75) is 31.2 Å². The maximum Gasteiger partial charge on any atom is 0.416 e. The third kappa shape index (κ3) is 4.38. The van der Waals surface area contributed by atoms with E-state index in [2.05, 4.69) is 0 Å². The predicted octanol–water partition coefficient (Wildman–Crippen LogP) is 4.19. The molecule has 1 aromatic carbocycles. The molecule has 8 heteroatoms. The minimum atomic E-state index is -4.87. The molecule has 0 saturated heterocycles. The van der Waals surface area contributed by atoms with Crippen molar-refractivity contribution in [3.63, 3.8) is 0 Å². The molecule has 1 rings (SSSR count). The van der Waals surface area contributed by atoms with Crippen molar-refractivity contribution in [3.05, 3.63) is 35.1 Å². The Morgan fingerprint density at radius 3 is 2.11 bits per heavy atom. The van der Waals surface area contributed by atoms with Crippen molar-refractivity contribution in [1.29, 1.82) is 0 Å². The van der Waals surface area contributed by atoms with Gasteiger partial charge in [-0.1, -0.05) is 6.07 Å². The van der Waals surface area contributed by atoms with Crippen LogP contribution in [0.2, 0.25) is 0 Å². The number of halogens is 7. The SMILES string of the molecule is N[C@H](CCC(F)(F)F)c1c(F)cccc1C(F)(F)F. The summed E-state index contributed by atoms with van der Waals surface area (Å²) in [6.07, 6.45) is -11.6. The Labute approximate surface area is 104 Å². The fraction of sp³-hybridized carbons (Fsp3) is 0.455. The first kappa shape index (κ1) is 15.7. The summed E-state index contributed by atoms with van der Waals surface area (Å²) in [4.78, 5) is 0. The highest BCUT2D eigenvalue weighted by Crippen LogP contribution is 2.37. The molecule has 0 radical (unpaired) electrons. The van der Waals surface area contributed by atoms with E-state index >= 15 is 0 Å². The molecule has 1 nitrogen and oxygen atoms in total. The van der Waals surface area contributed by atoms with Gasteiger partial charge >= 0.3 is 12.4 Å². The average Bonchev–Trinajstić information content (AvgIpc) is 2.23. The fourth-order valence-corrected chi connectivity index (χ4v) is 1.62. The Bertz CT molecular complexity index is 436. The zero-order valence-electron chi connectivity index (χ0n) is 9.45. The van der Waals surface area contributed by atoms with Crippen LogP contribution in [0.1, 0.15) is 30.0 Å². The Kier molecular flexibility index (Phi) is 4.44. The lowest BCUT2D eigenvalue weighted by Gasteiger charge is -2.19. The van der Waals surface area contributed by atoms with Crippen LogP contribution in [-0.4, -0.2) is 6.18 Å². The molecule has 0 fully saturated rings. The third-order valence-electron chi connectivity index (χ3n) is 2.47. The molecule has 0 amide bonds. The van der Waals surface area contributed by atoms with Crippen LogP contribution in [0.4, 0.5) is 30.7 Å². The van der Waals surface area contributed by atoms with Gasteiger partial charge in [-0.15, -0.1) is 0 Å². The van der Waals surface area contributed by atoms with E-state index in [-0.39, 0.29) is 0 Å². The van der Waals surface area contributed by atoms with Gasteiger partial charge in [-0.3, -0.25) is 0 Å². The summed E-state index contributed by atoms with van der Waals surface area (Å²) in [7, 11) is 0. The van der Waals surface area contributed by atoms with Gasteiger partial charge in [-0.05, 0) is 18.6 Å². The quantitative estimate of drug-likeness (QED) is 0.830. The summed E-state index contributed by atoms with van der Waals surface area (Å²) in [6, 6.07) is 0.488. The summed E-state index contributed by atoms with van der Waals surface area (Å²) in [6.45, 7) is 0. The molecule has 1 atom stereocenters. The van der Waals surface area contributed by atoms with E-state index in [1.165, 1.54) is 0 Å². The van der Waals surface area contributed by atoms with Gasteiger partial charge in [0.15, 0.2) is 0 Å². The minimum Gasteiger partial charge on any atom is -0.324 e. The zero-order valence-corrected chi connectivity index (χ0v) is 9.45. The van der Waals surface area contributed by atoms with E-state index in [0.29, 0.717) is 6.07 Å². The van der Waals surface area contributed by atoms with E-state index in [4.69, 9.17) is 5.73 Å². The van der Waals surface area contributed by atoms with Crippen LogP contribution in [0.3, 0.4) is 0 Å². The molecule has 0 spiro atoms. The summed E-state index contributed by atoms with van der Waals surface area (Å²) < 4.78 is 87.2. The maximum absolute atomic E-state index is 13.4. The molecule has 0 aliphatic carbocycles.